The van der Waals surface area contributed by atoms with Crippen molar-refractivity contribution in [1.82, 2.24) is 9.97 Å². The summed E-state index contributed by atoms with van der Waals surface area (Å²) in [6.07, 6.45) is 1.32. The first-order valence-electron chi connectivity index (χ1n) is 5.10. The Morgan fingerprint density at radius 3 is 2.22 bits per heavy atom. The van der Waals surface area contributed by atoms with Gasteiger partial charge in [-0.1, -0.05) is 55.6 Å². The Hall–Kier alpha value is -0.580. The highest BCUT2D eigenvalue weighted by atomic mass is 35.6. The summed E-state index contributed by atoms with van der Waals surface area (Å²) in [7, 11) is 1.29. The number of ether oxygens (including phenoxy) is 1. The van der Waals surface area contributed by atoms with Crippen molar-refractivity contribution in [3.8, 4) is 0 Å². The zero-order chi connectivity index (χ0) is 14.1. The summed E-state index contributed by atoms with van der Waals surface area (Å²) in [5.41, 5.74) is 0.339. The summed E-state index contributed by atoms with van der Waals surface area (Å²) in [4.78, 5) is 19.7. The predicted molar refractivity (Wildman–Crippen MR) is 71.3 cm³/mol. The number of hydrogen-bond donors (Lipinski definition) is 0. The number of rotatable bonds is 1. The number of nitrogens with zero attached hydrogens (tertiary/aromatic N) is 2. The number of hydrogen-bond acceptors (Lipinski definition) is 4. The second-order valence-electron chi connectivity index (χ2n) is 4.70. The van der Waals surface area contributed by atoms with E-state index in [9.17, 15) is 4.79 Å². The third kappa shape index (κ3) is 3.46. The highest BCUT2D eigenvalue weighted by Gasteiger charge is 2.31. The standard InChI is InChI=1S/C11H13Cl3N2O2/c1-10(2,3)7-6(8(17)18-4)5-15-9(16-7)11(12,13)14/h5H,1-4H3. The minimum Gasteiger partial charge on any atom is -0.465 e. The van der Waals surface area contributed by atoms with E-state index >= 15 is 0 Å². The minimum absolute atomic E-state index is 0.0325. The second kappa shape index (κ2) is 5.19. The van der Waals surface area contributed by atoms with Crippen LogP contribution in [0.25, 0.3) is 0 Å². The summed E-state index contributed by atoms with van der Waals surface area (Å²) < 4.78 is 2.95. The topological polar surface area (TPSA) is 52.1 Å². The molecule has 7 heteroatoms. The van der Waals surface area contributed by atoms with Crippen LogP contribution in [0.3, 0.4) is 0 Å². The third-order valence-electron chi connectivity index (χ3n) is 2.16. The number of carbonyl (C=O) groups is 1. The Labute approximate surface area is 121 Å². The van der Waals surface area contributed by atoms with E-state index in [2.05, 4.69) is 14.7 Å². The normalized spacial score (nSPS) is 12.4. The molecule has 18 heavy (non-hydrogen) atoms. The molecule has 100 valence electrons. The second-order valence-corrected chi connectivity index (χ2v) is 6.98. The van der Waals surface area contributed by atoms with Crippen molar-refractivity contribution in [2.24, 2.45) is 0 Å². The van der Waals surface area contributed by atoms with Crippen molar-refractivity contribution in [2.45, 2.75) is 30.0 Å². The van der Waals surface area contributed by atoms with Gasteiger partial charge in [0.15, 0.2) is 5.82 Å². The van der Waals surface area contributed by atoms with Gasteiger partial charge in [-0.05, 0) is 0 Å². The third-order valence-corrected chi connectivity index (χ3v) is 2.67. The molecule has 0 radical (unpaired) electrons. The molecule has 0 aliphatic carbocycles. The molecule has 0 bridgehead atoms. The predicted octanol–water partition coefficient (Wildman–Crippen LogP) is 3.39. The molecule has 0 amide bonds. The molecule has 0 N–H and O–H groups in total. The van der Waals surface area contributed by atoms with Gasteiger partial charge < -0.3 is 4.74 Å². The van der Waals surface area contributed by atoms with Crippen LogP contribution in [-0.4, -0.2) is 23.0 Å². The fraction of sp³-hybridized carbons (Fsp3) is 0.545. The largest absolute Gasteiger partial charge is 0.465 e. The van der Waals surface area contributed by atoms with Crippen LogP contribution in [0.2, 0.25) is 0 Å². The Bertz CT molecular complexity index is 464. The highest BCUT2D eigenvalue weighted by Crippen LogP contribution is 2.37. The zero-order valence-electron chi connectivity index (χ0n) is 10.4. The van der Waals surface area contributed by atoms with Crippen molar-refractivity contribution >= 4 is 40.8 Å². The number of aromatic nitrogens is 2. The maximum Gasteiger partial charge on any atom is 0.341 e. The lowest BCUT2D eigenvalue weighted by Gasteiger charge is -2.22. The first-order valence-corrected chi connectivity index (χ1v) is 6.24. The molecule has 0 spiro atoms. The summed E-state index contributed by atoms with van der Waals surface area (Å²) >= 11 is 17.2. The molecule has 1 rings (SSSR count). The van der Waals surface area contributed by atoms with Crippen molar-refractivity contribution < 1.29 is 9.53 Å². The molecule has 0 aromatic carbocycles. The van der Waals surface area contributed by atoms with E-state index in [4.69, 9.17) is 34.8 Å². The van der Waals surface area contributed by atoms with Gasteiger partial charge in [0.25, 0.3) is 0 Å². The molecule has 4 nitrogen and oxygen atoms in total. The number of esters is 1. The van der Waals surface area contributed by atoms with Gasteiger partial charge >= 0.3 is 5.97 Å². The van der Waals surface area contributed by atoms with Crippen molar-refractivity contribution in [3.05, 3.63) is 23.3 Å². The van der Waals surface area contributed by atoms with Crippen molar-refractivity contribution in [1.29, 1.82) is 0 Å². The summed E-state index contributed by atoms with van der Waals surface area (Å²) in [5.74, 6) is -0.485. The minimum atomic E-state index is -1.73. The van der Waals surface area contributed by atoms with E-state index in [0.29, 0.717) is 5.69 Å². The fourth-order valence-electron chi connectivity index (χ4n) is 1.35. The molecular weight excluding hydrogens is 298 g/mol. The monoisotopic (exact) mass is 310 g/mol. The van der Waals surface area contributed by atoms with Crippen LogP contribution in [-0.2, 0) is 13.9 Å². The molecule has 1 aromatic rings. The fourth-order valence-corrected chi connectivity index (χ4v) is 1.62. The molecule has 0 saturated carbocycles. The van der Waals surface area contributed by atoms with Crippen LogP contribution < -0.4 is 0 Å². The number of alkyl halides is 3. The molecule has 0 fully saturated rings. The van der Waals surface area contributed by atoms with Gasteiger partial charge in [0, 0.05) is 11.6 Å². The quantitative estimate of drug-likeness (QED) is 0.589. The number of methoxy groups -OCH3 is 1. The molecule has 0 aliphatic rings. The number of halogens is 3. The molecule has 1 aromatic heterocycles. The Morgan fingerprint density at radius 1 is 1.28 bits per heavy atom. The van der Waals surface area contributed by atoms with Crippen molar-refractivity contribution in [2.75, 3.05) is 7.11 Å². The lowest BCUT2D eigenvalue weighted by molar-refractivity contribution is 0.0596. The van der Waals surface area contributed by atoms with E-state index in [1.54, 1.807) is 0 Å². The summed E-state index contributed by atoms with van der Waals surface area (Å²) in [5, 5.41) is 0. The van der Waals surface area contributed by atoms with Gasteiger partial charge in [-0.2, -0.15) is 0 Å². The van der Waals surface area contributed by atoms with E-state index in [0.717, 1.165) is 0 Å². The van der Waals surface area contributed by atoms with Gasteiger partial charge in [-0.15, -0.1) is 0 Å². The van der Waals surface area contributed by atoms with Crippen molar-refractivity contribution in [3.63, 3.8) is 0 Å². The van der Waals surface area contributed by atoms with Crippen LogP contribution in [0, 0.1) is 0 Å². The van der Waals surface area contributed by atoms with Crippen LogP contribution in [0.1, 0.15) is 42.6 Å². The average molecular weight is 312 g/mol. The van der Waals surface area contributed by atoms with E-state index in [1.807, 2.05) is 20.8 Å². The maximum absolute atomic E-state index is 11.6. The van der Waals surface area contributed by atoms with E-state index < -0.39 is 15.2 Å². The molecular formula is C11H13Cl3N2O2. The van der Waals surface area contributed by atoms with Gasteiger partial charge in [0.1, 0.15) is 5.56 Å². The average Bonchev–Trinajstić information content (AvgIpc) is 2.24. The molecule has 0 unspecified atom stereocenters. The number of carbonyl (C=O) groups excluding carboxylic acids is 1. The molecule has 0 saturated heterocycles. The summed E-state index contributed by atoms with van der Waals surface area (Å²) in [6, 6.07) is 0. The first kappa shape index (κ1) is 15.5. The Balaban J connectivity index is 3.44. The SMILES string of the molecule is COC(=O)c1cnc(C(Cl)(Cl)Cl)nc1C(C)(C)C. The zero-order valence-corrected chi connectivity index (χ0v) is 12.7. The van der Waals surface area contributed by atoms with Crippen LogP contribution in [0.5, 0.6) is 0 Å². The molecule has 0 aliphatic heterocycles. The van der Waals surface area contributed by atoms with Gasteiger partial charge in [0.2, 0.25) is 3.79 Å². The Kier molecular flexibility index (Phi) is 4.47. The first-order chi connectivity index (χ1) is 8.07. The molecule has 1 heterocycles. The lowest BCUT2D eigenvalue weighted by atomic mass is 9.89. The van der Waals surface area contributed by atoms with Crippen LogP contribution in [0.4, 0.5) is 0 Å². The van der Waals surface area contributed by atoms with Gasteiger partial charge in [-0.3, -0.25) is 0 Å². The van der Waals surface area contributed by atoms with Gasteiger partial charge in [-0.25, -0.2) is 14.8 Å². The lowest BCUT2D eigenvalue weighted by Crippen LogP contribution is -2.23. The van der Waals surface area contributed by atoms with Crippen LogP contribution in [0.15, 0.2) is 6.20 Å². The van der Waals surface area contributed by atoms with Gasteiger partial charge in [0.05, 0.1) is 12.8 Å². The van der Waals surface area contributed by atoms with Crippen LogP contribution >= 0.6 is 34.8 Å². The maximum atomic E-state index is 11.6. The van der Waals surface area contributed by atoms with E-state index in [-0.39, 0.29) is 11.4 Å². The smallest absolute Gasteiger partial charge is 0.341 e. The Morgan fingerprint density at radius 2 is 1.83 bits per heavy atom. The highest BCUT2D eigenvalue weighted by molar-refractivity contribution is 6.66. The molecule has 0 atom stereocenters. The summed E-state index contributed by atoms with van der Waals surface area (Å²) in [6.45, 7) is 5.68. The van der Waals surface area contributed by atoms with E-state index in [1.165, 1.54) is 13.3 Å².